The number of rotatable bonds is 5. The van der Waals surface area contributed by atoms with E-state index in [1.165, 1.54) is 26.4 Å². The molecule has 1 aromatic carbocycles. The molecule has 0 aliphatic carbocycles. The SMILES string of the molecule is COc1cc(CF)cc(-c2cc(C(=O)O)[nH]n2)c1OC. The highest BCUT2D eigenvalue weighted by atomic mass is 19.1. The van der Waals surface area contributed by atoms with Gasteiger partial charge in [-0.1, -0.05) is 0 Å². The molecule has 1 aromatic heterocycles. The lowest BCUT2D eigenvalue weighted by atomic mass is 10.1. The number of hydrogen-bond donors (Lipinski definition) is 2. The fraction of sp³-hybridized carbons (Fsp3) is 0.231. The average molecular weight is 280 g/mol. The first-order valence-electron chi connectivity index (χ1n) is 5.70. The van der Waals surface area contributed by atoms with Gasteiger partial charge < -0.3 is 14.6 Å². The van der Waals surface area contributed by atoms with Crippen LogP contribution >= 0.6 is 0 Å². The summed E-state index contributed by atoms with van der Waals surface area (Å²) in [6.07, 6.45) is 0. The molecule has 2 rings (SSSR count). The minimum Gasteiger partial charge on any atom is -0.493 e. The Morgan fingerprint density at radius 3 is 2.60 bits per heavy atom. The molecule has 2 aromatic rings. The van der Waals surface area contributed by atoms with Crippen molar-refractivity contribution in [1.82, 2.24) is 10.2 Å². The van der Waals surface area contributed by atoms with Gasteiger partial charge in [-0.2, -0.15) is 5.10 Å². The van der Waals surface area contributed by atoms with Crippen molar-refractivity contribution < 1.29 is 23.8 Å². The summed E-state index contributed by atoms with van der Waals surface area (Å²) in [6, 6.07) is 4.41. The Kier molecular flexibility index (Phi) is 3.88. The lowest BCUT2D eigenvalue weighted by molar-refractivity contribution is 0.0690. The van der Waals surface area contributed by atoms with Crippen LogP contribution in [0.4, 0.5) is 4.39 Å². The highest BCUT2D eigenvalue weighted by molar-refractivity contribution is 5.87. The predicted molar refractivity (Wildman–Crippen MR) is 68.9 cm³/mol. The second-order valence-electron chi connectivity index (χ2n) is 3.98. The smallest absolute Gasteiger partial charge is 0.353 e. The Hall–Kier alpha value is -2.57. The minimum atomic E-state index is -1.13. The van der Waals surface area contributed by atoms with E-state index in [0.29, 0.717) is 28.3 Å². The molecular weight excluding hydrogens is 267 g/mol. The summed E-state index contributed by atoms with van der Waals surface area (Å²) < 4.78 is 23.3. The fourth-order valence-corrected chi connectivity index (χ4v) is 1.86. The summed E-state index contributed by atoms with van der Waals surface area (Å²) in [5.41, 5.74) is 1.13. The number of benzene rings is 1. The lowest BCUT2D eigenvalue weighted by Gasteiger charge is -2.12. The van der Waals surface area contributed by atoms with Crippen LogP contribution in [0.15, 0.2) is 18.2 Å². The van der Waals surface area contributed by atoms with Crippen molar-refractivity contribution in [3.63, 3.8) is 0 Å². The molecule has 0 amide bonds. The van der Waals surface area contributed by atoms with Crippen LogP contribution in [0.3, 0.4) is 0 Å². The van der Waals surface area contributed by atoms with E-state index in [9.17, 15) is 9.18 Å². The molecule has 7 heteroatoms. The molecule has 6 nitrogen and oxygen atoms in total. The second kappa shape index (κ2) is 5.60. The van der Waals surface area contributed by atoms with E-state index in [0.717, 1.165) is 0 Å². The van der Waals surface area contributed by atoms with Gasteiger partial charge in [-0.15, -0.1) is 0 Å². The van der Waals surface area contributed by atoms with Crippen LogP contribution in [0.25, 0.3) is 11.3 Å². The van der Waals surface area contributed by atoms with E-state index in [-0.39, 0.29) is 5.69 Å². The van der Waals surface area contributed by atoms with Gasteiger partial charge in [-0.25, -0.2) is 9.18 Å². The number of carboxylic acid groups (broad SMARTS) is 1. The van der Waals surface area contributed by atoms with Crippen LogP contribution in [-0.4, -0.2) is 35.5 Å². The molecule has 0 saturated heterocycles. The topological polar surface area (TPSA) is 84.4 Å². The van der Waals surface area contributed by atoms with Crippen LogP contribution in [0.1, 0.15) is 16.1 Å². The standard InChI is InChI=1S/C13H13FN2O4/c1-19-11-4-7(6-14)3-8(12(11)20-2)9-5-10(13(17)18)16-15-9/h3-5H,6H2,1-2H3,(H,15,16)(H,17,18). The maximum atomic E-state index is 12.9. The number of carboxylic acids is 1. The highest BCUT2D eigenvalue weighted by Crippen LogP contribution is 2.38. The number of alkyl halides is 1. The van der Waals surface area contributed by atoms with E-state index in [2.05, 4.69) is 10.2 Å². The lowest BCUT2D eigenvalue weighted by Crippen LogP contribution is -1.96. The first-order valence-corrected chi connectivity index (χ1v) is 5.70. The fourth-order valence-electron chi connectivity index (χ4n) is 1.86. The van der Waals surface area contributed by atoms with E-state index >= 15 is 0 Å². The van der Waals surface area contributed by atoms with Crippen LogP contribution in [0.2, 0.25) is 0 Å². The molecule has 0 saturated carbocycles. The molecule has 0 radical (unpaired) electrons. The monoisotopic (exact) mass is 280 g/mol. The molecule has 2 N–H and O–H groups in total. The highest BCUT2D eigenvalue weighted by Gasteiger charge is 2.18. The zero-order chi connectivity index (χ0) is 14.7. The Balaban J connectivity index is 2.60. The molecular formula is C13H13FN2O4. The van der Waals surface area contributed by atoms with Crippen LogP contribution in [0, 0.1) is 0 Å². The van der Waals surface area contributed by atoms with Gasteiger partial charge in [0.1, 0.15) is 12.4 Å². The van der Waals surface area contributed by atoms with Gasteiger partial charge in [0.15, 0.2) is 11.5 Å². The van der Waals surface area contributed by atoms with Crippen molar-refractivity contribution in [2.75, 3.05) is 14.2 Å². The molecule has 0 unspecified atom stereocenters. The van der Waals surface area contributed by atoms with E-state index in [1.807, 2.05) is 0 Å². The van der Waals surface area contributed by atoms with Crippen LogP contribution in [-0.2, 0) is 6.67 Å². The van der Waals surface area contributed by atoms with Gasteiger partial charge in [0.05, 0.1) is 19.9 Å². The number of halogens is 1. The van der Waals surface area contributed by atoms with Gasteiger partial charge in [-0.05, 0) is 23.8 Å². The molecule has 106 valence electrons. The van der Waals surface area contributed by atoms with Gasteiger partial charge in [0, 0.05) is 5.56 Å². The molecule has 0 spiro atoms. The summed E-state index contributed by atoms with van der Waals surface area (Å²) in [7, 11) is 2.89. The summed E-state index contributed by atoms with van der Waals surface area (Å²) >= 11 is 0. The summed E-state index contributed by atoms with van der Waals surface area (Å²) in [5.74, 6) is -0.401. The van der Waals surface area contributed by atoms with Crippen molar-refractivity contribution >= 4 is 5.97 Å². The first-order chi connectivity index (χ1) is 9.60. The number of aromatic nitrogens is 2. The number of methoxy groups -OCH3 is 2. The van der Waals surface area contributed by atoms with E-state index in [4.69, 9.17) is 14.6 Å². The van der Waals surface area contributed by atoms with Gasteiger partial charge in [-0.3, -0.25) is 5.10 Å². The van der Waals surface area contributed by atoms with Crippen LogP contribution in [0.5, 0.6) is 11.5 Å². The summed E-state index contributed by atoms with van der Waals surface area (Å²) in [4.78, 5) is 10.9. The van der Waals surface area contributed by atoms with E-state index < -0.39 is 12.6 Å². The zero-order valence-electron chi connectivity index (χ0n) is 10.9. The third-order valence-corrected chi connectivity index (χ3v) is 2.78. The number of nitrogens with one attached hydrogen (secondary N) is 1. The maximum Gasteiger partial charge on any atom is 0.353 e. The van der Waals surface area contributed by atoms with Crippen molar-refractivity contribution in [3.8, 4) is 22.8 Å². The number of H-pyrrole nitrogens is 1. The largest absolute Gasteiger partial charge is 0.493 e. The number of ether oxygens (including phenoxy) is 2. The van der Waals surface area contributed by atoms with Crippen molar-refractivity contribution in [2.45, 2.75) is 6.67 Å². The Morgan fingerprint density at radius 1 is 1.35 bits per heavy atom. The van der Waals surface area contributed by atoms with Gasteiger partial charge in [0.2, 0.25) is 0 Å². The van der Waals surface area contributed by atoms with Crippen molar-refractivity contribution in [1.29, 1.82) is 0 Å². The normalized spacial score (nSPS) is 10.3. The van der Waals surface area contributed by atoms with Crippen molar-refractivity contribution in [2.24, 2.45) is 0 Å². The van der Waals surface area contributed by atoms with E-state index in [1.54, 1.807) is 6.07 Å². The third-order valence-electron chi connectivity index (χ3n) is 2.78. The Morgan fingerprint density at radius 2 is 2.10 bits per heavy atom. The molecule has 0 atom stereocenters. The zero-order valence-corrected chi connectivity index (χ0v) is 10.9. The Bertz CT molecular complexity index is 639. The third kappa shape index (κ3) is 2.42. The summed E-state index contributed by atoms with van der Waals surface area (Å²) in [6.45, 7) is -0.677. The summed E-state index contributed by atoms with van der Waals surface area (Å²) in [5, 5.41) is 15.2. The second-order valence-corrected chi connectivity index (χ2v) is 3.98. The first kappa shape index (κ1) is 13.9. The number of aromatic amines is 1. The van der Waals surface area contributed by atoms with Crippen molar-refractivity contribution in [3.05, 3.63) is 29.5 Å². The predicted octanol–water partition coefficient (Wildman–Crippen LogP) is 2.26. The Labute approximate surface area is 114 Å². The molecule has 0 aliphatic heterocycles. The number of hydrogen-bond acceptors (Lipinski definition) is 4. The molecule has 1 heterocycles. The minimum absolute atomic E-state index is 0.0633. The molecule has 0 bridgehead atoms. The molecule has 0 fully saturated rings. The quantitative estimate of drug-likeness (QED) is 0.877. The average Bonchev–Trinajstić information content (AvgIpc) is 2.95. The molecule has 20 heavy (non-hydrogen) atoms. The number of aromatic carboxylic acids is 1. The van der Waals surface area contributed by atoms with Gasteiger partial charge in [0.25, 0.3) is 0 Å². The van der Waals surface area contributed by atoms with Crippen LogP contribution < -0.4 is 9.47 Å². The molecule has 0 aliphatic rings. The number of nitrogens with zero attached hydrogens (tertiary/aromatic N) is 1. The van der Waals surface area contributed by atoms with Gasteiger partial charge >= 0.3 is 5.97 Å². The maximum absolute atomic E-state index is 12.9. The number of carbonyl (C=O) groups is 1.